The predicted octanol–water partition coefficient (Wildman–Crippen LogP) is 4.04. The minimum atomic E-state index is -3.17. The Morgan fingerprint density at radius 2 is 1.30 bits per heavy atom. The maximum absolute atomic E-state index is 14.6. The van der Waals surface area contributed by atoms with E-state index in [1.165, 1.54) is 0 Å². The summed E-state index contributed by atoms with van der Waals surface area (Å²) in [5.41, 5.74) is 0. The Bertz CT molecular complexity index is 909. The van der Waals surface area contributed by atoms with Crippen LogP contribution in [-0.2, 0) is 23.6 Å². The molecule has 2 aromatic rings. The smallest absolute Gasteiger partial charge is 0.310 e. The molecule has 0 saturated carbocycles. The van der Waals surface area contributed by atoms with Crippen molar-refractivity contribution in [2.24, 2.45) is 11.8 Å². The molecule has 0 N–H and O–H groups in total. The quantitative estimate of drug-likeness (QED) is 0.494. The molecule has 0 bridgehead atoms. The lowest BCUT2D eigenvalue weighted by Gasteiger charge is -2.32. The highest BCUT2D eigenvalue weighted by molar-refractivity contribution is 7.82. The van der Waals surface area contributed by atoms with Crippen LogP contribution >= 0.6 is 7.14 Å². The van der Waals surface area contributed by atoms with E-state index < -0.39 is 30.9 Å². The van der Waals surface area contributed by atoms with E-state index >= 15 is 0 Å². The fourth-order valence-electron chi connectivity index (χ4n) is 3.90. The van der Waals surface area contributed by atoms with Crippen molar-refractivity contribution >= 4 is 29.7 Å². The van der Waals surface area contributed by atoms with Crippen molar-refractivity contribution in [3.8, 4) is 0 Å². The van der Waals surface area contributed by atoms with E-state index in [2.05, 4.69) is 0 Å². The molecule has 30 heavy (non-hydrogen) atoms. The highest BCUT2D eigenvalue weighted by Crippen LogP contribution is 2.56. The van der Waals surface area contributed by atoms with Crippen LogP contribution in [0.1, 0.15) is 26.7 Å². The van der Waals surface area contributed by atoms with E-state index in [9.17, 15) is 14.2 Å². The van der Waals surface area contributed by atoms with Crippen LogP contribution < -0.4 is 10.6 Å². The second-order valence-corrected chi connectivity index (χ2v) is 9.96. The Labute approximate surface area is 177 Å². The molecule has 0 fully saturated rings. The Kier molecular flexibility index (Phi) is 7.28. The summed E-state index contributed by atoms with van der Waals surface area (Å²) < 4.78 is 25.0. The van der Waals surface area contributed by atoms with Gasteiger partial charge in [0.1, 0.15) is 0 Å². The topological polar surface area (TPSA) is 69.7 Å². The van der Waals surface area contributed by atoms with E-state index in [1.807, 2.05) is 66.7 Å². The van der Waals surface area contributed by atoms with Gasteiger partial charge in [-0.2, -0.15) is 0 Å². The molecule has 0 unspecified atom stereocenters. The van der Waals surface area contributed by atoms with Crippen molar-refractivity contribution in [1.82, 2.24) is 0 Å². The first-order valence-electron chi connectivity index (χ1n) is 10.3. The molecular weight excluding hydrogens is 399 g/mol. The molecule has 2 atom stereocenters. The van der Waals surface area contributed by atoms with Crippen LogP contribution in [0.15, 0.2) is 72.1 Å². The van der Waals surface area contributed by atoms with E-state index in [4.69, 9.17) is 9.47 Å². The van der Waals surface area contributed by atoms with Crippen LogP contribution in [0.5, 0.6) is 0 Å². The summed E-state index contributed by atoms with van der Waals surface area (Å²) in [5.74, 6) is -2.22. The van der Waals surface area contributed by atoms with Gasteiger partial charge in [-0.05, 0) is 32.0 Å². The first-order valence-corrected chi connectivity index (χ1v) is 12.0. The number of allylic oxidation sites excluding steroid dienone is 2. The largest absolute Gasteiger partial charge is 0.466 e. The van der Waals surface area contributed by atoms with Gasteiger partial charge >= 0.3 is 11.9 Å². The van der Waals surface area contributed by atoms with Gasteiger partial charge in [-0.15, -0.1) is 0 Å². The highest BCUT2D eigenvalue weighted by Gasteiger charge is 2.43. The van der Waals surface area contributed by atoms with Gasteiger partial charge in [-0.3, -0.25) is 9.59 Å². The van der Waals surface area contributed by atoms with Crippen LogP contribution in [0.3, 0.4) is 0 Å². The number of ether oxygens (including phenoxy) is 2. The first kappa shape index (κ1) is 22.0. The van der Waals surface area contributed by atoms with Gasteiger partial charge in [0.05, 0.1) is 25.0 Å². The van der Waals surface area contributed by atoms with Crippen molar-refractivity contribution in [3.05, 3.63) is 72.1 Å². The molecule has 1 aliphatic carbocycles. The molecule has 2 aromatic carbocycles. The van der Waals surface area contributed by atoms with Gasteiger partial charge in [-0.25, -0.2) is 0 Å². The third-order valence-electron chi connectivity index (χ3n) is 5.34. The Balaban J connectivity index is 2.07. The average Bonchev–Trinajstić information content (AvgIpc) is 2.79. The minimum absolute atomic E-state index is 0.198. The third kappa shape index (κ3) is 4.41. The summed E-state index contributed by atoms with van der Waals surface area (Å²) in [4.78, 5) is 25.2. The summed E-state index contributed by atoms with van der Waals surface area (Å²) in [6.07, 6.45) is 2.35. The van der Waals surface area contributed by atoms with E-state index in [0.717, 1.165) is 0 Å². The minimum Gasteiger partial charge on any atom is -0.466 e. The SMILES string of the molecule is CCOC(=O)[C@H]1CC=C(P(=O)(c2ccccc2)c2ccccc2)C[C@H]1C(=O)OCC. The molecule has 158 valence electrons. The lowest BCUT2D eigenvalue weighted by molar-refractivity contribution is -0.160. The zero-order valence-electron chi connectivity index (χ0n) is 17.3. The van der Waals surface area contributed by atoms with Gasteiger partial charge < -0.3 is 14.0 Å². The van der Waals surface area contributed by atoms with Crippen molar-refractivity contribution in [3.63, 3.8) is 0 Å². The molecule has 0 saturated heterocycles. The summed E-state index contributed by atoms with van der Waals surface area (Å²) in [7, 11) is -3.17. The molecule has 3 rings (SSSR count). The second-order valence-electron chi connectivity index (χ2n) is 7.13. The van der Waals surface area contributed by atoms with Crippen LogP contribution in [0.25, 0.3) is 0 Å². The maximum atomic E-state index is 14.6. The number of hydrogen-bond acceptors (Lipinski definition) is 5. The zero-order chi connectivity index (χ0) is 21.6. The second kappa shape index (κ2) is 9.90. The van der Waals surface area contributed by atoms with Gasteiger partial charge in [0.15, 0.2) is 7.14 Å². The summed E-state index contributed by atoms with van der Waals surface area (Å²) in [6.45, 7) is 3.93. The monoisotopic (exact) mass is 426 g/mol. The van der Waals surface area contributed by atoms with Crippen molar-refractivity contribution < 1.29 is 23.6 Å². The van der Waals surface area contributed by atoms with Crippen molar-refractivity contribution in [2.45, 2.75) is 26.7 Å². The molecular formula is C24H27O5P. The predicted molar refractivity (Wildman–Crippen MR) is 117 cm³/mol. The Morgan fingerprint density at radius 3 is 1.77 bits per heavy atom. The standard InChI is InChI=1S/C24H27O5P/c1-3-28-23(25)21-16-15-20(17-22(21)24(26)29-4-2)30(27,18-11-7-5-8-12-18)19-13-9-6-10-14-19/h5-15,21-22H,3-4,16-17H2,1-2H3/t21-,22+/m0/s1. The maximum Gasteiger partial charge on any atom is 0.310 e. The summed E-state index contributed by atoms with van der Waals surface area (Å²) >= 11 is 0. The molecule has 0 spiro atoms. The Hall–Kier alpha value is -2.65. The normalized spacial score (nSPS) is 18.9. The molecule has 0 heterocycles. The number of carbonyl (C=O) groups is 2. The van der Waals surface area contributed by atoms with E-state index in [0.29, 0.717) is 22.3 Å². The zero-order valence-corrected chi connectivity index (χ0v) is 18.2. The number of carbonyl (C=O) groups excluding carboxylic acids is 2. The van der Waals surface area contributed by atoms with E-state index in [1.54, 1.807) is 13.8 Å². The van der Waals surface area contributed by atoms with Crippen LogP contribution in [-0.4, -0.2) is 25.2 Å². The fourth-order valence-corrected chi connectivity index (χ4v) is 6.86. The lowest BCUT2D eigenvalue weighted by Crippen LogP contribution is -2.35. The van der Waals surface area contributed by atoms with Gasteiger partial charge in [-0.1, -0.05) is 66.7 Å². The summed E-state index contributed by atoms with van der Waals surface area (Å²) in [6, 6.07) is 18.6. The average molecular weight is 426 g/mol. The number of benzene rings is 2. The van der Waals surface area contributed by atoms with Crippen LogP contribution in [0.2, 0.25) is 0 Å². The molecule has 5 nitrogen and oxygen atoms in total. The number of rotatable bonds is 7. The van der Waals surface area contributed by atoms with Crippen molar-refractivity contribution in [1.29, 1.82) is 0 Å². The highest BCUT2D eigenvalue weighted by atomic mass is 31.2. The molecule has 0 amide bonds. The van der Waals surface area contributed by atoms with E-state index in [-0.39, 0.29) is 19.6 Å². The fraction of sp³-hybridized carbons (Fsp3) is 0.333. The summed E-state index contributed by atoms with van der Waals surface area (Å²) in [5, 5.41) is 2.10. The Morgan fingerprint density at radius 1 is 0.833 bits per heavy atom. The number of hydrogen-bond donors (Lipinski definition) is 0. The van der Waals surface area contributed by atoms with Crippen LogP contribution in [0, 0.1) is 11.8 Å². The molecule has 6 heteroatoms. The molecule has 0 aromatic heterocycles. The molecule has 1 aliphatic rings. The van der Waals surface area contributed by atoms with Crippen molar-refractivity contribution in [2.75, 3.05) is 13.2 Å². The molecule has 0 radical (unpaired) electrons. The van der Waals surface area contributed by atoms with Crippen LogP contribution in [0.4, 0.5) is 0 Å². The lowest BCUT2D eigenvalue weighted by atomic mass is 9.83. The van der Waals surface area contributed by atoms with Gasteiger partial charge in [0.25, 0.3) is 0 Å². The first-order chi connectivity index (χ1) is 14.5. The van der Waals surface area contributed by atoms with Gasteiger partial charge in [0, 0.05) is 10.6 Å². The van der Waals surface area contributed by atoms with Gasteiger partial charge in [0.2, 0.25) is 0 Å². The molecule has 0 aliphatic heterocycles. The third-order valence-corrected chi connectivity index (χ3v) is 8.57. The number of esters is 2.